The van der Waals surface area contributed by atoms with Gasteiger partial charge in [0, 0.05) is 19.1 Å². The molecule has 0 spiro atoms. The van der Waals surface area contributed by atoms with Gasteiger partial charge in [0.05, 0.1) is 5.75 Å². The summed E-state index contributed by atoms with van der Waals surface area (Å²) in [5.74, 6) is 0.147. The SMILES string of the molecule is CNCCS(=O)(=O)NC(C)CN1CCCC1. The molecule has 0 aliphatic carbocycles. The number of hydrogen-bond acceptors (Lipinski definition) is 4. The lowest BCUT2D eigenvalue weighted by Crippen LogP contribution is -2.43. The molecule has 0 saturated carbocycles. The lowest BCUT2D eigenvalue weighted by Gasteiger charge is -2.21. The molecule has 2 N–H and O–H groups in total. The Morgan fingerprint density at radius 3 is 2.50 bits per heavy atom. The van der Waals surface area contributed by atoms with Gasteiger partial charge in [-0.25, -0.2) is 13.1 Å². The average molecular weight is 249 g/mol. The fourth-order valence-electron chi connectivity index (χ4n) is 1.99. The molecule has 0 aromatic carbocycles. The molecule has 1 aliphatic heterocycles. The Bertz CT molecular complexity index is 286. The zero-order chi connectivity index (χ0) is 12.0. The van der Waals surface area contributed by atoms with Crippen LogP contribution < -0.4 is 10.0 Å². The van der Waals surface area contributed by atoms with Crippen LogP contribution >= 0.6 is 0 Å². The summed E-state index contributed by atoms with van der Waals surface area (Å²) >= 11 is 0. The second kappa shape index (κ2) is 6.54. The maximum atomic E-state index is 11.6. The molecule has 0 amide bonds. The van der Waals surface area contributed by atoms with Crippen molar-refractivity contribution in [1.29, 1.82) is 0 Å². The zero-order valence-electron chi connectivity index (χ0n) is 10.2. The maximum Gasteiger partial charge on any atom is 0.213 e. The molecule has 6 heteroatoms. The first-order valence-corrected chi connectivity index (χ1v) is 7.55. The third kappa shape index (κ3) is 5.25. The first-order chi connectivity index (χ1) is 7.53. The van der Waals surface area contributed by atoms with Gasteiger partial charge in [0.15, 0.2) is 0 Å². The molecular weight excluding hydrogens is 226 g/mol. The lowest BCUT2D eigenvalue weighted by atomic mass is 10.3. The molecule has 0 bridgehead atoms. The molecule has 1 fully saturated rings. The maximum absolute atomic E-state index is 11.6. The minimum Gasteiger partial charge on any atom is -0.319 e. The van der Waals surface area contributed by atoms with Crippen molar-refractivity contribution in [3.63, 3.8) is 0 Å². The third-order valence-electron chi connectivity index (χ3n) is 2.73. The molecule has 1 rings (SSSR count). The molecule has 1 saturated heterocycles. The van der Waals surface area contributed by atoms with Crippen molar-refractivity contribution in [1.82, 2.24) is 14.9 Å². The van der Waals surface area contributed by atoms with Gasteiger partial charge in [0.1, 0.15) is 0 Å². The van der Waals surface area contributed by atoms with Crippen LogP contribution in [0.5, 0.6) is 0 Å². The summed E-state index contributed by atoms with van der Waals surface area (Å²) in [6.45, 7) is 5.44. The van der Waals surface area contributed by atoms with E-state index in [1.165, 1.54) is 12.8 Å². The largest absolute Gasteiger partial charge is 0.319 e. The Kier molecular flexibility index (Phi) is 5.68. The number of likely N-dealkylation sites (tertiary alicyclic amines) is 1. The minimum absolute atomic E-state index is 0.0000406. The van der Waals surface area contributed by atoms with Crippen LogP contribution in [0.2, 0.25) is 0 Å². The molecule has 96 valence electrons. The van der Waals surface area contributed by atoms with Gasteiger partial charge in [-0.05, 0) is 39.9 Å². The van der Waals surface area contributed by atoms with Crippen molar-refractivity contribution in [3.8, 4) is 0 Å². The topological polar surface area (TPSA) is 61.4 Å². The van der Waals surface area contributed by atoms with Gasteiger partial charge in [0.25, 0.3) is 0 Å². The van der Waals surface area contributed by atoms with Crippen LogP contribution in [0.1, 0.15) is 19.8 Å². The van der Waals surface area contributed by atoms with E-state index in [0.29, 0.717) is 6.54 Å². The molecular formula is C10H23N3O2S. The first-order valence-electron chi connectivity index (χ1n) is 5.90. The molecule has 1 unspecified atom stereocenters. The number of sulfonamides is 1. The zero-order valence-corrected chi connectivity index (χ0v) is 11.0. The van der Waals surface area contributed by atoms with E-state index in [1.807, 2.05) is 6.92 Å². The van der Waals surface area contributed by atoms with Crippen LogP contribution in [0.15, 0.2) is 0 Å². The van der Waals surface area contributed by atoms with Gasteiger partial charge < -0.3 is 10.2 Å². The number of nitrogens with one attached hydrogen (secondary N) is 2. The van der Waals surface area contributed by atoms with Crippen molar-refractivity contribution in [2.75, 3.05) is 39.0 Å². The van der Waals surface area contributed by atoms with Gasteiger partial charge >= 0.3 is 0 Å². The summed E-state index contributed by atoms with van der Waals surface area (Å²) < 4.78 is 25.9. The van der Waals surface area contributed by atoms with Gasteiger partial charge in [-0.2, -0.15) is 0 Å². The van der Waals surface area contributed by atoms with Crippen molar-refractivity contribution >= 4 is 10.0 Å². The average Bonchev–Trinajstić information content (AvgIpc) is 2.66. The van der Waals surface area contributed by atoms with Crippen LogP contribution in [0.3, 0.4) is 0 Å². The summed E-state index contributed by atoms with van der Waals surface area (Å²) in [5, 5.41) is 2.84. The van der Waals surface area contributed by atoms with E-state index in [9.17, 15) is 8.42 Å². The second-order valence-electron chi connectivity index (χ2n) is 4.45. The Morgan fingerprint density at radius 1 is 1.31 bits per heavy atom. The van der Waals surface area contributed by atoms with Crippen molar-refractivity contribution in [2.45, 2.75) is 25.8 Å². The van der Waals surface area contributed by atoms with Crippen molar-refractivity contribution < 1.29 is 8.42 Å². The Balaban J connectivity index is 2.28. The van der Waals surface area contributed by atoms with Crippen molar-refractivity contribution in [2.24, 2.45) is 0 Å². The molecule has 0 radical (unpaired) electrons. The Morgan fingerprint density at radius 2 is 1.94 bits per heavy atom. The monoisotopic (exact) mass is 249 g/mol. The van der Waals surface area contributed by atoms with Crippen LogP contribution in [-0.4, -0.2) is 58.3 Å². The molecule has 5 nitrogen and oxygen atoms in total. The van der Waals surface area contributed by atoms with Crippen LogP contribution in [0.25, 0.3) is 0 Å². The molecule has 1 atom stereocenters. The van der Waals surface area contributed by atoms with Crippen LogP contribution in [0.4, 0.5) is 0 Å². The molecule has 1 heterocycles. The van der Waals surface area contributed by atoms with Gasteiger partial charge in [-0.1, -0.05) is 0 Å². The Hall–Kier alpha value is -0.170. The molecule has 0 aromatic rings. The van der Waals surface area contributed by atoms with Crippen LogP contribution in [-0.2, 0) is 10.0 Å². The van der Waals surface area contributed by atoms with E-state index in [1.54, 1.807) is 7.05 Å². The van der Waals surface area contributed by atoms with Crippen LogP contribution in [0, 0.1) is 0 Å². The van der Waals surface area contributed by atoms with E-state index < -0.39 is 10.0 Å². The second-order valence-corrected chi connectivity index (χ2v) is 6.32. The standard InChI is InChI=1S/C10H23N3O2S/c1-10(9-13-6-3-4-7-13)12-16(14,15)8-5-11-2/h10-12H,3-9H2,1-2H3. The number of rotatable bonds is 7. The summed E-state index contributed by atoms with van der Waals surface area (Å²) in [4.78, 5) is 2.31. The normalized spacial score (nSPS) is 20.1. The third-order valence-corrected chi connectivity index (χ3v) is 4.24. The van der Waals surface area contributed by atoms with Gasteiger partial charge in [-0.15, -0.1) is 0 Å². The fourth-order valence-corrected chi connectivity index (χ4v) is 3.27. The minimum atomic E-state index is -3.12. The summed E-state index contributed by atoms with van der Waals surface area (Å²) in [6.07, 6.45) is 2.47. The summed E-state index contributed by atoms with van der Waals surface area (Å²) in [5.41, 5.74) is 0. The smallest absolute Gasteiger partial charge is 0.213 e. The van der Waals surface area contributed by atoms with Gasteiger partial charge in [0.2, 0.25) is 10.0 Å². The molecule has 1 aliphatic rings. The van der Waals surface area contributed by atoms with E-state index in [4.69, 9.17) is 0 Å². The van der Waals surface area contributed by atoms with E-state index >= 15 is 0 Å². The number of hydrogen-bond donors (Lipinski definition) is 2. The first kappa shape index (κ1) is 13.9. The quantitative estimate of drug-likeness (QED) is 0.645. The van der Waals surface area contributed by atoms with E-state index in [0.717, 1.165) is 19.6 Å². The predicted octanol–water partition coefficient (Wildman–Crippen LogP) is -0.390. The molecule has 16 heavy (non-hydrogen) atoms. The molecule has 0 aromatic heterocycles. The predicted molar refractivity (Wildman–Crippen MR) is 66.0 cm³/mol. The number of nitrogens with zero attached hydrogens (tertiary/aromatic N) is 1. The van der Waals surface area contributed by atoms with E-state index in [2.05, 4.69) is 14.9 Å². The highest BCUT2D eigenvalue weighted by Crippen LogP contribution is 2.07. The summed E-state index contributed by atoms with van der Waals surface area (Å²) in [7, 11) is -1.37. The van der Waals surface area contributed by atoms with E-state index in [-0.39, 0.29) is 11.8 Å². The highest BCUT2D eigenvalue weighted by Gasteiger charge is 2.18. The highest BCUT2D eigenvalue weighted by molar-refractivity contribution is 7.89. The Labute approximate surface area is 98.6 Å². The lowest BCUT2D eigenvalue weighted by molar-refractivity contribution is 0.313. The highest BCUT2D eigenvalue weighted by atomic mass is 32.2. The van der Waals surface area contributed by atoms with Crippen molar-refractivity contribution in [3.05, 3.63) is 0 Å². The van der Waals surface area contributed by atoms with Gasteiger partial charge in [-0.3, -0.25) is 0 Å². The summed E-state index contributed by atoms with van der Waals surface area (Å²) in [6, 6.07) is -0.0000406. The fraction of sp³-hybridized carbons (Fsp3) is 1.00.